The van der Waals surface area contributed by atoms with Crippen molar-refractivity contribution in [1.82, 2.24) is 9.80 Å². The molecular formula is C23H28N2O5. The molecule has 1 aliphatic rings. The van der Waals surface area contributed by atoms with E-state index >= 15 is 0 Å². The molecule has 0 radical (unpaired) electrons. The molecule has 7 heteroatoms. The lowest BCUT2D eigenvalue weighted by Crippen LogP contribution is -2.51. The van der Waals surface area contributed by atoms with Crippen LogP contribution in [0.15, 0.2) is 48.5 Å². The molecule has 1 aliphatic heterocycles. The van der Waals surface area contributed by atoms with Crippen LogP contribution in [-0.4, -0.2) is 61.7 Å². The Balaban J connectivity index is 1.46. The number of benzene rings is 2. The molecule has 0 spiro atoms. The molecule has 2 aromatic carbocycles. The highest BCUT2D eigenvalue weighted by molar-refractivity contribution is 5.77. The first-order valence-corrected chi connectivity index (χ1v) is 10.2. The fourth-order valence-corrected chi connectivity index (χ4v) is 3.34. The van der Waals surface area contributed by atoms with Gasteiger partial charge in [-0.15, -0.1) is 0 Å². The lowest BCUT2D eigenvalue weighted by atomic mass is 10.1. The predicted octanol–water partition coefficient (Wildman–Crippen LogP) is 3.37. The molecule has 1 saturated heterocycles. The van der Waals surface area contributed by atoms with Gasteiger partial charge in [-0.2, -0.15) is 0 Å². The number of aryl methyl sites for hydroxylation is 1. The first-order valence-electron chi connectivity index (χ1n) is 10.2. The molecule has 160 valence electrons. The summed E-state index contributed by atoms with van der Waals surface area (Å²) in [6, 6.07) is 14.7. The Kier molecular flexibility index (Phi) is 7.54. The first kappa shape index (κ1) is 21.5. The SMILES string of the molecule is CCOc1ccc(CCC(=O)N2CCN(C(=O)Oc3ccccc3)CC2)cc1OC. The van der Waals surface area contributed by atoms with E-state index in [2.05, 4.69) is 0 Å². The Bertz CT molecular complexity index is 848. The van der Waals surface area contributed by atoms with Crippen molar-refractivity contribution in [2.75, 3.05) is 39.9 Å². The van der Waals surface area contributed by atoms with Crippen molar-refractivity contribution in [2.45, 2.75) is 19.8 Å². The van der Waals surface area contributed by atoms with Gasteiger partial charge in [-0.1, -0.05) is 24.3 Å². The highest BCUT2D eigenvalue weighted by atomic mass is 16.6. The van der Waals surface area contributed by atoms with Gasteiger partial charge in [0.1, 0.15) is 5.75 Å². The number of rotatable bonds is 7. The lowest BCUT2D eigenvalue weighted by molar-refractivity contribution is -0.132. The number of piperazine rings is 1. The van der Waals surface area contributed by atoms with E-state index in [9.17, 15) is 9.59 Å². The van der Waals surface area contributed by atoms with Crippen LogP contribution in [0.4, 0.5) is 4.79 Å². The maximum Gasteiger partial charge on any atom is 0.415 e. The summed E-state index contributed by atoms with van der Waals surface area (Å²) in [5.74, 6) is 1.98. The second-order valence-electron chi connectivity index (χ2n) is 6.97. The number of methoxy groups -OCH3 is 1. The van der Waals surface area contributed by atoms with Crippen LogP contribution in [0.1, 0.15) is 18.9 Å². The number of carbonyl (C=O) groups excluding carboxylic acids is 2. The van der Waals surface area contributed by atoms with E-state index in [1.807, 2.05) is 43.3 Å². The molecule has 2 aromatic rings. The van der Waals surface area contributed by atoms with Crippen LogP contribution in [-0.2, 0) is 11.2 Å². The summed E-state index contributed by atoms with van der Waals surface area (Å²) in [4.78, 5) is 28.3. The molecule has 0 aromatic heterocycles. The average Bonchev–Trinajstić information content (AvgIpc) is 2.79. The number of para-hydroxylation sites is 1. The van der Waals surface area contributed by atoms with Crippen molar-refractivity contribution in [3.05, 3.63) is 54.1 Å². The Labute approximate surface area is 177 Å². The summed E-state index contributed by atoms with van der Waals surface area (Å²) in [5, 5.41) is 0. The minimum atomic E-state index is -0.380. The van der Waals surface area contributed by atoms with E-state index in [0.717, 1.165) is 5.56 Å². The minimum absolute atomic E-state index is 0.0823. The van der Waals surface area contributed by atoms with Gasteiger partial charge in [0.15, 0.2) is 11.5 Å². The highest BCUT2D eigenvalue weighted by Gasteiger charge is 2.25. The molecule has 0 aliphatic carbocycles. The van der Waals surface area contributed by atoms with Gasteiger partial charge in [-0.05, 0) is 43.2 Å². The number of hydrogen-bond acceptors (Lipinski definition) is 5. The van der Waals surface area contributed by atoms with Gasteiger partial charge in [-0.25, -0.2) is 4.79 Å². The van der Waals surface area contributed by atoms with E-state index in [0.29, 0.717) is 62.9 Å². The predicted molar refractivity (Wildman–Crippen MR) is 113 cm³/mol. The zero-order valence-electron chi connectivity index (χ0n) is 17.5. The molecule has 0 saturated carbocycles. The summed E-state index contributed by atoms with van der Waals surface area (Å²) in [5.41, 5.74) is 1.02. The van der Waals surface area contributed by atoms with Crippen molar-refractivity contribution >= 4 is 12.0 Å². The standard InChI is InChI=1S/C23H28N2O5/c1-3-29-20-11-9-18(17-21(20)28-2)10-12-22(26)24-13-15-25(16-14-24)23(27)30-19-7-5-4-6-8-19/h4-9,11,17H,3,10,12-16H2,1-2H3. The summed E-state index contributed by atoms with van der Waals surface area (Å²) in [6.07, 6.45) is 0.651. The number of carbonyl (C=O) groups is 2. The molecule has 0 atom stereocenters. The molecule has 0 N–H and O–H groups in total. The highest BCUT2D eigenvalue weighted by Crippen LogP contribution is 2.28. The number of nitrogens with zero attached hydrogens (tertiary/aromatic N) is 2. The van der Waals surface area contributed by atoms with Crippen LogP contribution < -0.4 is 14.2 Å². The average molecular weight is 412 g/mol. The van der Waals surface area contributed by atoms with Gasteiger partial charge < -0.3 is 24.0 Å². The Morgan fingerprint density at radius 1 is 0.933 bits per heavy atom. The van der Waals surface area contributed by atoms with E-state index in [1.165, 1.54) is 0 Å². The van der Waals surface area contributed by atoms with Crippen LogP contribution in [0, 0.1) is 0 Å². The molecule has 0 bridgehead atoms. The lowest BCUT2D eigenvalue weighted by Gasteiger charge is -2.34. The van der Waals surface area contributed by atoms with E-state index in [4.69, 9.17) is 14.2 Å². The fourth-order valence-electron chi connectivity index (χ4n) is 3.34. The van der Waals surface area contributed by atoms with Crippen LogP contribution in [0.3, 0.4) is 0 Å². The molecule has 3 rings (SSSR count). The van der Waals surface area contributed by atoms with Crippen molar-refractivity contribution in [3.8, 4) is 17.2 Å². The molecule has 7 nitrogen and oxygen atoms in total. The third-order valence-electron chi connectivity index (χ3n) is 4.99. The second-order valence-corrected chi connectivity index (χ2v) is 6.97. The normalized spacial score (nSPS) is 13.7. The Morgan fingerprint density at radius 3 is 2.30 bits per heavy atom. The molecule has 2 amide bonds. The quantitative estimate of drug-likeness (QED) is 0.698. The summed E-state index contributed by atoms with van der Waals surface area (Å²) in [7, 11) is 1.61. The number of hydrogen-bond donors (Lipinski definition) is 0. The van der Waals surface area contributed by atoms with Gasteiger partial charge in [0.2, 0.25) is 5.91 Å². The molecule has 0 unspecified atom stereocenters. The molecule has 1 heterocycles. The Morgan fingerprint density at radius 2 is 1.63 bits per heavy atom. The maximum atomic E-state index is 12.6. The van der Waals surface area contributed by atoms with Crippen LogP contribution >= 0.6 is 0 Å². The monoisotopic (exact) mass is 412 g/mol. The van der Waals surface area contributed by atoms with E-state index < -0.39 is 0 Å². The molecular weight excluding hydrogens is 384 g/mol. The zero-order chi connectivity index (χ0) is 21.3. The van der Waals surface area contributed by atoms with Crippen molar-refractivity contribution in [2.24, 2.45) is 0 Å². The van der Waals surface area contributed by atoms with Gasteiger partial charge in [0.25, 0.3) is 0 Å². The van der Waals surface area contributed by atoms with E-state index in [-0.39, 0.29) is 12.0 Å². The minimum Gasteiger partial charge on any atom is -0.493 e. The number of amides is 2. The van der Waals surface area contributed by atoms with Crippen molar-refractivity contribution < 1.29 is 23.8 Å². The maximum absolute atomic E-state index is 12.6. The summed E-state index contributed by atoms with van der Waals surface area (Å²) < 4.78 is 16.3. The third-order valence-corrected chi connectivity index (χ3v) is 4.99. The topological polar surface area (TPSA) is 68.3 Å². The first-order chi connectivity index (χ1) is 14.6. The zero-order valence-corrected chi connectivity index (χ0v) is 17.5. The van der Waals surface area contributed by atoms with Gasteiger partial charge in [0.05, 0.1) is 13.7 Å². The van der Waals surface area contributed by atoms with Gasteiger partial charge in [-0.3, -0.25) is 4.79 Å². The molecule has 1 fully saturated rings. The summed E-state index contributed by atoms with van der Waals surface area (Å²) >= 11 is 0. The van der Waals surface area contributed by atoms with Gasteiger partial charge >= 0.3 is 6.09 Å². The second kappa shape index (κ2) is 10.5. The number of ether oxygens (including phenoxy) is 3. The van der Waals surface area contributed by atoms with Crippen molar-refractivity contribution in [1.29, 1.82) is 0 Å². The molecule has 30 heavy (non-hydrogen) atoms. The largest absolute Gasteiger partial charge is 0.493 e. The van der Waals surface area contributed by atoms with Crippen molar-refractivity contribution in [3.63, 3.8) is 0 Å². The van der Waals surface area contributed by atoms with Gasteiger partial charge in [0, 0.05) is 32.6 Å². The smallest absolute Gasteiger partial charge is 0.415 e. The summed E-state index contributed by atoms with van der Waals surface area (Å²) in [6.45, 7) is 4.44. The van der Waals surface area contributed by atoms with Crippen LogP contribution in [0.2, 0.25) is 0 Å². The van der Waals surface area contributed by atoms with Crippen LogP contribution in [0.5, 0.6) is 17.2 Å². The van der Waals surface area contributed by atoms with E-state index in [1.54, 1.807) is 29.0 Å². The fraction of sp³-hybridized carbons (Fsp3) is 0.391. The Hall–Kier alpha value is -3.22. The van der Waals surface area contributed by atoms with Crippen LogP contribution in [0.25, 0.3) is 0 Å². The third kappa shape index (κ3) is 5.65.